The minimum absolute atomic E-state index is 0.000481. The van der Waals surface area contributed by atoms with Gasteiger partial charge >= 0.3 is 5.97 Å². The Morgan fingerprint density at radius 2 is 1.62 bits per heavy atom. The van der Waals surface area contributed by atoms with E-state index < -0.39 is 22.6 Å². The second-order valence-electron chi connectivity index (χ2n) is 7.39. The summed E-state index contributed by atoms with van der Waals surface area (Å²) in [6.45, 7) is 8.82. The third-order valence-corrected chi connectivity index (χ3v) is 6.98. The predicted molar refractivity (Wildman–Crippen MR) is 112 cm³/mol. The summed E-state index contributed by atoms with van der Waals surface area (Å²) in [5, 5.41) is 0. The molecule has 6 nitrogen and oxygen atoms in total. The molecular formula is C22H27NO5S. The van der Waals surface area contributed by atoms with E-state index in [4.69, 9.17) is 4.74 Å². The van der Waals surface area contributed by atoms with Crippen LogP contribution in [0.15, 0.2) is 41.3 Å². The van der Waals surface area contributed by atoms with Crippen molar-refractivity contribution >= 4 is 21.8 Å². The number of carbonyl (C=O) groups is 2. The van der Waals surface area contributed by atoms with Crippen molar-refractivity contribution in [3.05, 3.63) is 64.2 Å². The fourth-order valence-corrected chi connectivity index (χ4v) is 4.19. The number of hydrogen-bond donors (Lipinski definition) is 0. The molecule has 0 heterocycles. The van der Waals surface area contributed by atoms with Gasteiger partial charge in [0.05, 0.1) is 10.5 Å². The van der Waals surface area contributed by atoms with Crippen molar-refractivity contribution in [1.29, 1.82) is 0 Å². The molecule has 0 aromatic heterocycles. The first kappa shape index (κ1) is 22.8. The lowest BCUT2D eigenvalue weighted by molar-refractivity contribution is 0.0474. The summed E-state index contributed by atoms with van der Waals surface area (Å²) in [7, 11) is -2.24. The molecule has 2 aromatic rings. The highest BCUT2D eigenvalue weighted by Gasteiger charge is 2.24. The average Bonchev–Trinajstić information content (AvgIpc) is 2.67. The Balaban J connectivity index is 2.16. The minimum atomic E-state index is -3.72. The van der Waals surface area contributed by atoms with Crippen LogP contribution < -0.4 is 0 Å². The number of aryl methyl sites for hydroxylation is 3. The summed E-state index contributed by atoms with van der Waals surface area (Å²) < 4.78 is 31.6. The number of ketones is 1. The van der Waals surface area contributed by atoms with E-state index in [0.29, 0.717) is 5.56 Å². The number of ether oxygens (including phenoxy) is 1. The number of rotatable bonds is 7. The maximum Gasteiger partial charge on any atom is 0.338 e. The van der Waals surface area contributed by atoms with Crippen LogP contribution in [-0.2, 0) is 14.8 Å². The molecule has 156 valence electrons. The normalized spacial score (nSPS) is 11.7. The Morgan fingerprint density at radius 3 is 2.24 bits per heavy atom. The molecule has 0 spiro atoms. The zero-order valence-corrected chi connectivity index (χ0v) is 18.5. The summed E-state index contributed by atoms with van der Waals surface area (Å²) in [5.74, 6) is -1.05. The average molecular weight is 418 g/mol. The molecule has 2 aromatic carbocycles. The molecule has 0 fully saturated rings. The van der Waals surface area contributed by atoms with Gasteiger partial charge in [-0.3, -0.25) is 4.79 Å². The zero-order valence-electron chi connectivity index (χ0n) is 17.6. The third-order valence-electron chi connectivity index (χ3n) is 4.95. The van der Waals surface area contributed by atoms with Crippen molar-refractivity contribution < 1.29 is 22.7 Å². The molecule has 0 atom stereocenters. The second-order valence-corrected chi connectivity index (χ2v) is 9.39. The monoisotopic (exact) mass is 417 g/mol. The van der Waals surface area contributed by atoms with Gasteiger partial charge in [0.2, 0.25) is 15.8 Å². The van der Waals surface area contributed by atoms with Gasteiger partial charge in [-0.1, -0.05) is 12.1 Å². The first-order valence-electron chi connectivity index (χ1n) is 9.31. The van der Waals surface area contributed by atoms with E-state index in [1.54, 1.807) is 19.9 Å². The van der Waals surface area contributed by atoms with Crippen molar-refractivity contribution in [3.63, 3.8) is 0 Å². The highest BCUT2D eigenvalue weighted by molar-refractivity contribution is 7.89. The van der Waals surface area contributed by atoms with E-state index in [1.165, 1.54) is 35.6 Å². The number of esters is 1. The molecule has 0 unspecified atom stereocenters. The summed E-state index contributed by atoms with van der Waals surface area (Å²) >= 11 is 0. The van der Waals surface area contributed by atoms with Crippen LogP contribution in [-0.4, -0.2) is 44.2 Å². The number of nitrogens with zero attached hydrogens (tertiary/aromatic N) is 1. The smallest absolute Gasteiger partial charge is 0.338 e. The minimum Gasteiger partial charge on any atom is -0.454 e. The van der Waals surface area contributed by atoms with Gasteiger partial charge in [0.1, 0.15) is 0 Å². The summed E-state index contributed by atoms with van der Waals surface area (Å²) in [5.41, 5.74) is 3.47. The van der Waals surface area contributed by atoms with Gasteiger partial charge < -0.3 is 4.74 Å². The number of hydrogen-bond acceptors (Lipinski definition) is 5. The molecule has 0 radical (unpaired) electrons. The molecule has 0 saturated carbocycles. The van der Waals surface area contributed by atoms with Gasteiger partial charge in [-0.05, 0) is 75.6 Å². The molecule has 2 rings (SSSR count). The standard InChI is InChI=1S/C22H27NO5S/c1-14(2)23(6)29(26,27)19-9-7-8-18(12-19)22(25)28-13-21(24)20-11-16(4)15(3)10-17(20)5/h7-12,14H,13H2,1-6H3. The van der Waals surface area contributed by atoms with Crippen LogP contribution in [0.2, 0.25) is 0 Å². The molecule has 29 heavy (non-hydrogen) atoms. The van der Waals surface area contributed by atoms with Crippen LogP contribution in [0, 0.1) is 20.8 Å². The molecule has 0 aliphatic carbocycles. The maximum absolute atomic E-state index is 12.6. The lowest BCUT2D eigenvalue weighted by Crippen LogP contribution is -2.33. The van der Waals surface area contributed by atoms with Crippen LogP contribution in [0.4, 0.5) is 0 Å². The highest BCUT2D eigenvalue weighted by atomic mass is 32.2. The van der Waals surface area contributed by atoms with Crippen LogP contribution in [0.3, 0.4) is 0 Å². The summed E-state index contributed by atoms with van der Waals surface area (Å²) in [4.78, 5) is 24.9. The Morgan fingerprint density at radius 1 is 1.00 bits per heavy atom. The van der Waals surface area contributed by atoms with Gasteiger partial charge in [0.15, 0.2) is 6.61 Å². The summed E-state index contributed by atoms with van der Waals surface area (Å²) in [6, 6.07) is 9.11. The van der Waals surface area contributed by atoms with Gasteiger partial charge in [-0.2, -0.15) is 4.31 Å². The van der Waals surface area contributed by atoms with E-state index in [-0.39, 0.29) is 22.3 Å². The largest absolute Gasteiger partial charge is 0.454 e. The number of benzene rings is 2. The lowest BCUT2D eigenvalue weighted by Gasteiger charge is -2.21. The van der Waals surface area contributed by atoms with Crippen LogP contribution >= 0.6 is 0 Å². The Bertz CT molecular complexity index is 1040. The Hall–Kier alpha value is -2.51. The lowest BCUT2D eigenvalue weighted by atomic mass is 9.98. The zero-order chi connectivity index (χ0) is 21.9. The van der Waals surface area contributed by atoms with Crippen LogP contribution in [0.1, 0.15) is 51.3 Å². The van der Waals surface area contributed by atoms with Crippen molar-refractivity contribution in [1.82, 2.24) is 4.31 Å². The van der Waals surface area contributed by atoms with E-state index >= 15 is 0 Å². The number of carbonyl (C=O) groups excluding carboxylic acids is 2. The predicted octanol–water partition coefficient (Wildman–Crippen LogP) is 3.68. The maximum atomic E-state index is 12.6. The highest BCUT2D eigenvalue weighted by Crippen LogP contribution is 2.19. The van der Waals surface area contributed by atoms with Crippen LogP contribution in [0.25, 0.3) is 0 Å². The topological polar surface area (TPSA) is 80.8 Å². The van der Waals surface area contributed by atoms with E-state index in [1.807, 2.05) is 26.8 Å². The summed E-state index contributed by atoms with van der Waals surface area (Å²) in [6.07, 6.45) is 0. The molecule has 0 aliphatic rings. The number of Topliss-reactive ketones (excluding diaryl/α,β-unsaturated/α-hetero) is 1. The molecule has 0 saturated heterocycles. The van der Waals surface area contributed by atoms with Gasteiger partial charge in [-0.25, -0.2) is 13.2 Å². The number of sulfonamides is 1. The van der Waals surface area contributed by atoms with Gasteiger partial charge in [0, 0.05) is 18.7 Å². The van der Waals surface area contributed by atoms with E-state index in [2.05, 4.69) is 0 Å². The van der Waals surface area contributed by atoms with Crippen molar-refractivity contribution in [2.45, 2.75) is 45.6 Å². The Labute approximate surface area is 172 Å². The van der Waals surface area contributed by atoms with Gasteiger partial charge in [0.25, 0.3) is 0 Å². The molecular weight excluding hydrogens is 390 g/mol. The van der Waals surface area contributed by atoms with Crippen molar-refractivity contribution in [2.75, 3.05) is 13.7 Å². The fourth-order valence-electron chi connectivity index (χ4n) is 2.78. The molecule has 7 heteroatoms. The molecule has 0 amide bonds. The van der Waals surface area contributed by atoms with E-state index in [0.717, 1.165) is 16.7 Å². The second kappa shape index (κ2) is 8.88. The first-order valence-corrected chi connectivity index (χ1v) is 10.8. The fraction of sp³-hybridized carbons (Fsp3) is 0.364. The van der Waals surface area contributed by atoms with Gasteiger partial charge in [-0.15, -0.1) is 0 Å². The van der Waals surface area contributed by atoms with Crippen molar-refractivity contribution in [3.8, 4) is 0 Å². The Kier molecular flexibility index (Phi) is 6.97. The van der Waals surface area contributed by atoms with E-state index in [9.17, 15) is 18.0 Å². The molecule has 0 aliphatic heterocycles. The molecule has 0 N–H and O–H groups in total. The molecule has 0 bridgehead atoms. The van der Waals surface area contributed by atoms with Crippen molar-refractivity contribution in [2.24, 2.45) is 0 Å². The third kappa shape index (κ3) is 5.10. The SMILES string of the molecule is Cc1cc(C)c(C(=O)COC(=O)c2cccc(S(=O)(=O)N(C)C(C)C)c2)cc1C. The quantitative estimate of drug-likeness (QED) is 0.507. The first-order chi connectivity index (χ1) is 13.4. The van der Waals surface area contributed by atoms with Crippen LogP contribution in [0.5, 0.6) is 0 Å².